The normalized spacial score (nSPS) is 11.4. The number of anilines is 3. The van der Waals surface area contributed by atoms with Crippen LogP contribution in [0.4, 0.5) is 17.1 Å². The molecule has 0 aliphatic carbocycles. The van der Waals surface area contributed by atoms with Gasteiger partial charge >= 0.3 is 0 Å². The lowest BCUT2D eigenvalue weighted by Crippen LogP contribution is -2.10. The first-order valence-corrected chi connectivity index (χ1v) is 19.9. The van der Waals surface area contributed by atoms with Crippen LogP contribution < -0.4 is 4.90 Å². The van der Waals surface area contributed by atoms with E-state index < -0.39 is 0 Å². The van der Waals surface area contributed by atoms with E-state index in [0.29, 0.717) is 0 Å². The molecule has 0 unspecified atom stereocenters. The maximum atomic E-state index is 2.47. The van der Waals surface area contributed by atoms with Gasteiger partial charge in [0.2, 0.25) is 0 Å². The summed E-state index contributed by atoms with van der Waals surface area (Å²) in [5.41, 5.74) is 14.0. The van der Waals surface area contributed by atoms with Crippen LogP contribution in [0.2, 0.25) is 0 Å². The Bertz CT molecular complexity index is 3150. The molecule has 0 aliphatic rings. The molecule has 58 heavy (non-hydrogen) atoms. The molecule has 0 spiro atoms. The monoisotopic (exact) mass is 738 g/mol. The SMILES string of the molecule is c1ccc(-c2ccc(N(c3ccc(-c4ccccc4)cc3)c3cccc(-c4ccc5c6c7ccccc7c7ccccc7c6n(-c6ccccc6)c5c4)c3)cc2)cc1. The zero-order valence-electron chi connectivity index (χ0n) is 31.8. The van der Waals surface area contributed by atoms with E-state index in [1.165, 1.54) is 71.2 Å². The number of rotatable bonds is 7. The molecule has 11 aromatic rings. The number of hydrogen-bond donors (Lipinski definition) is 0. The molecule has 0 amide bonds. The molecule has 11 rings (SSSR count). The van der Waals surface area contributed by atoms with E-state index in [9.17, 15) is 0 Å². The number of nitrogens with zero attached hydrogens (tertiary/aromatic N) is 2. The zero-order valence-corrected chi connectivity index (χ0v) is 31.8. The number of para-hydroxylation sites is 1. The third kappa shape index (κ3) is 5.74. The van der Waals surface area contributed by atoms with E-state index in [-0.39, 0.29) is 0 Å². The topological polar surface area (TPSA) is 8.17 Å². The van der Waals surface area contributed by atoms with E-state index >= 15 is 0 Å². The molecular weight excluding hydrogens is 701 g/mol. The summed E-state index contributed by atoms with van der Waals surface area (Å²) in [7, 11) is 0. The molecule has 0 bridgehead atoms. The van der Waals surface area contributed by atoms with Gasteiger partial charge in [-0.1, -0.05) is 176 Å². The van der Waals surface area contributed by atoms with Crippen molar-refractivity contribution in [1.29, 1.82) is 0 Å². The van der Waals surface area contributed by atoms with Gasteiger partial charge < -0.3 is 9.47 Å². The fourth-order valence-electron chi connectivity index (χ4n) is 8.84. The summed E-state index contributed by atoms with van der Waals surface area (Å²) in [4.78, 5) is 2.37. The van der Waals surface area contributed by atoms with E-state index in [0.717, 1.165) is 28.3 Å². The Morgan fingerprint density at radius 1 is 0.276 bits per heavy atom. The summed E-state index contributed by atoms with van der Waals surface area (Å²) in [6.07, 6.45) is 0. The summed E-state index contributed by atoms with van der Waals surface area (Å²) in [6, 6.07) is 83.5. The molecule has 0 atom stereocenters. The van der Waals surface area contributed by atoms with Crippen molar-refractivity contribution in [3.63, 3.8) is 0 Å². The Balaban J connectivity index is 1.09. The maximum Gasteiger partial charge on any atom is 0.0625 e. The summed E-state index contributed by atoms with van der Waals surface area (Å²) >= 11 is 0. The van der Waals surface area contributed by atoms with Gasteiger partial charge in [-0.25, -0.2) is 0 Å². The highest BCUT2D eigenvalue weighted by atomic mass is 15.1. The van der Waals surface area contributed by atoms with Crippen molar-refractivity contribution in [2.75, 3.05) is 4.90 Å². The standard InChI is InChI=1S/C56H38N2/c1-4-15-39(16-5-1)41-27-32-46(33-28-41)57(47-34-29-42(30-35-47)40-17-6-2-7-18-40)48-22-14-19-43(37-48)44-31-36-53-54(38-44)58(45-20-8-3-9-21-45)56-52-26-13-11-24-50(52)49-23-10-12-25-51(49)55(53)56/h1-38H. The minimum absolute atomic E-state index is 1.10. The van der Waals surface area contributed by atoms with Crippen LogP contribution in [0, 0.1) is 0 Å². The summed E-state index contributed by atoms with van der Waals surface area (Å²) in [5, 5.41) is 7.62. The van der Waals surface area contributed by atoms with Crippen molar-refractivity contribution >= 4 is 60.4 Å². The van der Waals surface area contributed by atoms with Crippen molar-refractivity contribution < 1.29 is 0 Å². The van der Waals surface area contributed by atoms with Crippen LogP contribution in [0.3, 0.4) is 0 Å². The zero-order chi connectivity index (χ0) is 38.4. The summed E-state index contributed by atoms with van der Waals surface area (Å²) in [5.74, 6) is 0. The Morgan fingerprint density at radius 2 is 0.724 bits per heavy atom. The van der Waals surface area contributed by atoms with Crippen molar-refractivity contribution in [2.24, 2.45) is 0 Å². The first-order valence-electron chi connectivity index (χ1n) is 19.9. The smallest absolute Gasteiger partial charge is 0.0625 e. The Kier molecular flexibility index (Phi) is 8.19. The molecule has 272 valence electrons. The van der Waals surface area contributed by atoms with E-state index in [1.54, 1.807) is 0 Å². The van der Waals surface area contributed by atoms with Gasteiger partial charge in [-0.3, -0.25) is 0 Å². The lowest BCUT2D eigenvalue weighted by atomic mass is 9.96. The molecule has 10 aromatic carbocycles. The molecule has 1 aromatic heterocycles. The fourth-order valence-corrected chi connectivity index (χ4v) is 8.84. The molecule has 0 radical (unpaired) electrons. The second-order valence-corrected chi connectivity index (χ2v) is 14.9. The van der Waals surface area contributed by atoms with Crippen molar-refractivity contribution in [3.05, 3.63) is 231 Å². The van der Waals surface area contributed by atoms with Gasteiger partial charge in [0, 0.05) is 38.9 Å². The highest BCUT2D eigenvalue weighted by Gasteiger charge is 2.20. The van der Waals surface area contributed by atoms with Crippen LogP contribution in [0.15, 0.2) is 231 Å². The molecular formula is C56H38N2. The first-order chi connectivity index (χ1) is 28.8. The summed E-state index contributed by atoms with van der Waals surface area (Å²) < 4.78 is 2.47. The maximum absolute atomic E-state index is 2.47. The van der Waals surface area contributed by atoms with Gasteiger partial charge in [-0.2, -0.15) is 0 Å². The van der Waals surface area contributed by atoms with Crippen molar-refractivity contribution in [3.8, 4) is 39.1 Å². The quantitative estimate of drug-likeness (QED) is 0.148. The van der Waals surface area contributed by atoms with Gasteiger partial charge in [0.1, 0.15) is 0 Å². The lowest BCUT2D eigenvalue weighted by Gasteiger charge is -2.26. The first kappa shape index (κ1) is 33.6. The highest BCUT2D eigenvalue weighted by Crippen LogP contribution is 2.44. The van der Waals surface area contributed by atoms with Gasteiger partial charge in [0.15, 0.2) is 0 Å². The van der Waals surface area contributed by atoms with Gasteiger partial charge in [-0.05, 0) is 104 Å². The van der Waals surface area contributed by atoms with Crippen LogP contribution in [0.25, 0.3) is 82.4 Å². The lowest BCUT2D eigenvalue weighted by molar-refractivity contribution is 1.19. The van der Waals surface area contributed by atoms with Crippen LogP contribution in [-0.4, -0.2) is 4.57 Å². The third-order valence-corrected chi connectivity index (χ3v) is 11.6. The van der Waals surface area contributed by atoms with Gasteiger partial charge in [0.25, 0.3) is 0 Å². The number of benzene rings is 10. The number of fused-ring (bicyclic) bond motifs is 8. The molecule has 0 aliphatic heterocycles. The Labute approximate surface area is 338 Å². The largest absolute Gasteiger partial charge is 0.310 e. The minimum Gasteiger partial charge on any atom is -0.310 e. The van der Waals surface area contributed by atoms with Crippen LogP contribution >= 0.6 is 0 Å². The second kappa shape index (κ2) is 14.1. The number of aromatic nitrogens is 1. The van der Waals surface area contributed by atoms with Crippen LogP contribution in [0.5, 0.6) is 0 Å². The summed E-state index contributed by atoms with van der Waals surface area (Å²) in [6.45, 7) is 0. The second-order valence-electron chi connectivity index (χ2n) is 14.9. The molecule has 1 heterocycles. The van der Waals surface area contributed by atoms with E-state index in [1.807, 2.05) is 0 Å². The average Bonchev–Trinajstić information content (AvgIpc) is 3.66. The third-order valence-electron chi connectivity index (χ3n) is 11.6. The average molecular weight is 739 g/mol. The molecule has 0 saturated carbocycles. The highest BCUT2D eigenvalue weighted by molar-refractivity contribution is 6.32. The van der Waals surface area contributed by atoms with E-state index in [2.05, 4.69) is 240 Å². The van der Waals surface area contributed by atoms with Crippen molar-refractivity contribution in [2.45, 2.75) is 0 Å². The van der Waals surface area contributed by atoms with E-state index in [4.69, 9.17) is 0 Å². The minimum atomic E-state index is 1.10. The van der Waals surface area contributed by atoms with Gasteiger partial charge in [0.05, 0.1) is 11.0 Å². The Morgan fingerprint density at radius 3 is 1.33 bits per heavy atom. The predicted octanol–water partition coefficient (Wildman–Crippen LogP) is 15.6. The van der Waals surface area contributed by atoms with Gasteiger partial charge in [-0.15, -0.1) is 0 Å². The van der Waals surface area contributed by atoms with Crippen LogP contribution in [0.1, 0.15) is 0 Å². The molecule has 0 saturated heterocycles. The molecule has 0 fully saturated rings. The molecule has 0 N–H and O–H groups in total. The fraction of sp³-hybridized carbons (Fsp3) is 0. The van der Waals surface area contributed by atoms with Crippen molar-refractivity contribution in [1.82, 2.24) is 4.57 Å². The Hall–Kier alpha value is -7.68. The molecule has 2 nitrogen and oxygen atoms in total. The predicted molar refractivity (Wildman–Crippen MR) is 247 cm³/mol. The number of hydrogen-bond acceptors (Lipinski definition) is 1. The molecule has 2 heteroatoms. The van der Waals surface area contributed by atoms with Crippen LogP contribution in [-0.2, 0) is 0 Å².